The Balaban J connectivity index is 1.50. The molecule has 0 aliphatic heterocycles. The molecule has 3 rings (SSSR count). The van der Waals surface area contributed by atoms with Crippen LogP contribution < -0.4 is 15.4 Å². The highest BCUT2D eigenvalue weighted by Gasteiger charge is 2.14. The average Bonchev–Trinajstić information content (AvgIpc) is 2.77. The summed E-state index contributed by atoms with van der Waals surface area (Å²) in [6.07, 6.45) is 0. The van der Waals surface area contributed by atoms with Crippen LogP contribution in [0.4, 0.5) is 5.69 Å². The molecule has 0 spiro atoms. The minimum Gasteiger partial charge on any atom is -0.489 e. The van der Waals surface area contributed by atoms with Crippen LogP contribution in [0.5, 0.6) is 5.75 Å². The molecule has 0 atom stereocenters. The zero-order chi connectivity index (χ0) is 22.1. The molecule has 0 radical (unpaired) electrons. The highest BCUT2D eigenvalue weighted by atomic mass is 16.5. The number of ether oxygens (including phenoxy) is 1. The van der Waals surface area contributed by atoms with E-state index in [0.29, 0.717) is 18.0 Å². The number of hydrogen-bond acceptors (Lipinski definition) is 4. The Labute approximate surface area is 182 Å². The molecule has 0 fully saturated rings. The Bertz CT molecular complexity index is 1020. The molecule has 6 nitrogen and oxygen atoms in total. The molecule has 0 aliphatic rings. The van der Waals surface area contributed by atoms with Gasteiger partial charge in [-0.1, -0.05) is 54.6 Å². The van der Waals surface area contributed by atoms with Crippen LogP contribution in [-0.2, 0) is 29.3 Å². The molecular weight excluding hydrogens is 390 g/mol. The van der Waals surface area contributed by atoms with Gasteiger partial charge in [-0.05, 0) is 55.1 Å². The lowest BCUT2D eigenvalue weighted by atomic mass is 10.2. The second-order valence-corrected chi connectivity index (χ2v) is 7.50. The second-order valence-electron chi connectivity index (χ2n) is 7.50. The fraction of sp³-hybridized carbons (Fsp3) is 0.200. The number of anilines is 1. The fourth-order valence-corrected chi connectivity index (χ4v) is 3.05. The van der Waals surface area contributed by atoms with Crippen LogP contribution in [0.2, 0.25) is 0 Å². The lowest BCUT2D eigenvalue weighted by molar-refractivity contribution is -0.136. The Kier molecular flexibility index (Phi) is 7.79. The molecule has 2 amide bonds. The van der Waals surface area contributed by atoms with Crippen molar-refractivity contribution in [2.45, 2.75) is 19.7 Å². The van der Waals surface area contributed by atoms with E-state index in [1.165, 1.54) is 0 Å². The van der Waals surface area contributed by atoms with Crippen molar-refractivity contribution in [2.75, 3.05) is 19.4 Å². The van der Waals surface area contributed by atoms with E-state index < -0.39 is 11.8 Å². The molecule has 0 bridgehead atoms. The van der Waals surface area contributed by atoms with E-state index in [2.05, 4.69) is 10.6 Å². The van der Waals surface area contributed by atoms with Gasteiger partial charge in [-0.25, -0.2) is 0 Å². The highest BCUT2D eigenvalue weighted by molar-refractivity contribution is 6.39. The normalized spacial score (nSPS) is 10.5. The summed E-state index contributed by atoms with van der Waals surface area (Å²) in [5.74, 6) is -0.676. The van der Waals surface area contributed by atoms with Gasteiger partial charge in [0, 0.05) is 18.8 Å². The number of carbonyl (C=O) groups excluding carboxylic acids is 2. The van der Waals surface area contributed by atoms with E-state index in [1.54, 1.807) is 6.07 Å². The number of nitrogens with zero attached hydrogens (tertiary/aromatic N) is 1. The summed E-state index contributed by atoms with van der Waals surface area (Å²) in [6, 6.07) is 24.8. The number of hydrogen-bond donors (Lipinski definition) is 2. The van der Waals surface area contributed by atoms with Crippen LogP contribution in [0.3, 0.4) is 0 Å². The van der Waals surface area contributed by atoms with Gasteiger partial charge in [0.05, 0.1) is 0 Å². The minimum atomic E-state index is -0.696. The second kappa shape index (κ2) is 10.9. The summed E-state index contributed by atoms with van der Waals surface area (Å²) in [5, 5.41) is 5.30. The maximum Gasteiger partial charge on any atom is 0.313 e. The number of nitrogens with one attached hydrogen (secondary N) is 2. The van der Waals surface area contributed by atoms with Crippen molar-refractivity contribution in [3.8, 4) is 5.75 Å². The smallest absolute Gasteiger partial charge is 0.313 e. The molecule has 31 heavy (non-hydrogen) atoms. The van der Waals surface area contributed by atoms with Gasteiger partial charge in [-0.3, -0.25) is 9.59 Å². The van der Waals surface area contributed by atoms with Crippen molar-refractivity contribution in [1.82, 2.24) is 10.2 Å². The monoisotopic (exact) mass is 417 g/mol. The van der Waals surface area contributed by atoms with Crippen LogP contribution in [0.25, 0.3) is 0 Å². The van der Waals surface area contributed by atoms with Crippen LogP contribution >= 0.6 is 0 Å². The summed E-state index contributed by atoms with van der Waals surface area (Å²) in [4.78, 5) is 26.5. The summed E-state index contributed by atoms with van der Waals surface area (Å²) in [5.41, 5.74) is 3.57. The van der Waals surface area contributed by atoms with Crippen molar-refractivity contribution in [3.05, 3.63) is 95.6 Å². The number of carbonyl (C=O) groups is 2. The summed E-state index contributed by atoms with van der Waals surface area (Å²) in [6.45, 7) is 1.44. The van der Waals surface area contributed by atoms with Gasteiger partial charge in [0.25, 0.3) is 0 Å². The van der Waals surface area contributed by atoms with Crippen LogP contribution in [0.15, 0.2) is 78.9 Å². The first kappa shape index (κ1) is 22.1. The van der Waals surface area contributed by atoms with E-state index in [1.807, 2.05) is 91.8 Å². The van der Waals surface area contributed by atoms with Gasteiger partial charge < -0.3 is 20.3 Å². The molecule has 160 valence electrons. The van der Waals surface area contributed by atoms with Crippen molar-refractivity contribution < 1.29 is 14.3 Å². The topological polar surface area (TPSA) is 70.7 Å². The SMILES string of the molecule is CN(C)Cc1cccc(NC(=O)C(=O)NCc2cccc(OCc3ccccc3)c2)c1. The molecule has 2 N–H and O–H groups in total. The lowest BCUT2D eigenvalue weighted by Gasteiger charge is -2.12. The van der Waals surface area contributed by atoms with Gasteiger partial charge in [0.15, 0.2) is 0 Å². The Morgan fingerprint density at radius 3 is 2.29 bits per heavy atom. The minimum absolute atomic E-state index is 0.232. The zero-order valence-corrected chi connectivity index (χ0v) is 17.8. The largest absolute Gasteiger partial charge is 0.489 e. The molecule has 3 aromatic rings. The molecule has 0 heterocycles. The summed E-state index contributed by atoms with van der Waals surface area (Å²) in [7, 11) is 3.95. The van der Waals surface area contributed by atoms with Crippen LogP contribution in [0, 0.1) is 0 Å². The van der Waals surface area contributed by atoms with Crippen LogP contribution in [0.1, 0.15) is 16.7 Å². The van der Waals surface area contributed by atoms with Crippen molar-refractivity contribution >= 4 is 17.5 Å². The number of benzene rings is 3. The van der Waals surface area contributed by atoms with Gasteiger partial charge in [0.2, 0.25) is 0 Å². The Hall–Kier alpha value is -3.64. The third-order valence-electron chi connectivity index (χ3n) is 4.49. The van der Waals surface area contributed by atoms with Gasteiger partial charge in [0.1, 0.15) is 12.4 Å². The van der Waals surface area contributed by atoms with Crippen molar-refractivity contribution in [1.29, 1.82) is 0 Å². The van der Waals surface area contributed by atoms with Crippen molar-refractivity contribution in [3.63, 3.8) is 0 Å². The Morgan fingerprint density at radius 2 is 1.52 bits per heavy atom. The molecule has 3 aromatic carbocycles. The molecular formula is C25H27N3O3. The quantitative estimate of drug-likeness (QED) is 0.550. The first-order chi connectivity index (χ1) is 15.0. The lowest BCUT2D eigenvalue weighted by Crippen LogP contribution is -2.35. The number of amides is 2. The molecule has 0 aliphatic carbocycles. The maximum atomic E-state index is 12.2. The zero-order valence-electron chi connectivity index (χ0n) is 17.8. The van der Waals surface area contributed by atoms with E-state index in [4.69, 9.17) is 4.74 Å². The van der Waals surface area contributed by atoms with Gasteiger partial charge >= 0.3 is 11.8 Å². The van der Waals surface area contributed by atoms with E-state index in [9.17, 15) is 9.59 Å². The first-order valence-electron chi connectivity index (χ1n) is 10.1. The average molecular weight is 418 g/mol. The summed E-state index contributed by atoms with van der Waals surface area (Å²) < 4.78 is 5.81. The Morgan fingerprint density at radius 1 is 0.806 bits per heavy atom. The van der Waals surface area contributed by atoms with Crippen LogP contribution in [-0.4, -0.2) is 30.8 Å². The molecule has 0 aromatic heterocycles. The van der Waals surface area contributed by atoms with E-state index in [0.717, 1.165) is 23.2 Å². The maximum absolute atomic E-state index is 12.2. The van der Waals surface area contributed by atoms with Gasteiger partial charge in [-0.15, -0.1) is 0 Å². The third kappa shape index (κ3) is 7.28. The predicted molar refractivity (Wildman–Crippen MR) is 122 cm³/mol. The summed E-state index contributed by atoms with van der Waals surface area (Å²) >= 11 is 0. The molecule has 0 unspecified atom stereocenters. The third-order valence-corrected chi connectivity index (χ3v) is 4.49. The van der Waals surface area contributed by atoms with E-state index in [-0.39, 0.29) is 6.54 Å². The highest BCUT2D eigenvalue weighted by Crippen LogP contribution is 2.15. The standard InChI is InChI=1S/C25H27N3O3/c1-28(2)17-21-11-6-12-22(14-21)27-25(30)24(29)26-16-20-10-7-13-23(15-20)31-18-19-8-4-3-5-9-19/h3-15H,16-18H2,1-2H3,(H,26,29)(H,27,30). The molecule has 0 saturated carbocycles. The van der Waals surface area contributed by atoms with Crippen molar-refractivity contribution in [2.24, 2.45) is 0 Å². The molecule has 6 heteroatoms. The molecule has 0 saturated heterocycles. The van der Waals surface area contributed by atoms with E-state index >= 15 is 0 Å². The van der Waals surface area contributed by atoms with Gasteiger partial charge in [-0.2, -0.15) is 0 Å². The first-order valence-corrected chi connectivity index (χ1v) is 10.1. The fourth-order valence-electron chi connectivity index (χ4n) is 3.05. The number of rotatable bonds is 8. The predicted octanol–water partition coefficient (Wildman–Crippen LogP) is 3.58.